The van der Waals surface area contributed by atoms with Crippen molar-refractivity contribution in [1.82, 2.24) is 14.7 Å². The fraction of sp³-hybridized carbons (Fsp3) is 0.944. The fourth-order valence-corrected chi connectivity index (χ4v) is 4.95. The first-order valence-corrected chi connectivity index (χ1v) is 9.59. The third-order valence-electron chi connectivity index (χ3n) is 6.42. The van der Waals surface area contributed by atoms with Gasteiger partial charge in [-0.25, -0.2) is 0 Å². The van der Waals surface area contributed by atoms with Gasteiger partial charge in [0.05, 0.1) is 0 Å². The zero-order chi connectivity index (χ0) is 17.2. The van der Waals surface area contributed by atoms with Gasteiger partial charge in [-0.2, -0.15) is 0 Å². The van der Waals surface area contributed by atoms with Crippen LogP contribution < -0.4 is 0 Å². The van der Waals surface area contributed by atoms with Gasteiger partial charge in [-0.3, -0.25) is 9.69 Å². The van der Waals surface area contributed by atoms with Gasteiger partial charge in [-0.1, -0.05) is 0 Å². The lowest BCUT2D eigenvalue weighted by Crippen LogP contribution is -2.56. The molecule has 1 spiro atoms. The highest BCUT2D eigenvalue weighted by molar-refractivity contribution is 5.47. The molecule has 6 heteroatoms. The maximum atomic E-state index is 11.1. The third-order valence-corrected chi connectivity index (χ3v) is 6.42. The molecule has 0 aromatic carbocycles. The zero-order valence-corrected chi connectivity index (χ0v) is 15.2. The number of nitrogens with zero attached hydrogens (tertiary/aromatic N) is 3. The van der Waals surface area contributed by atoms with Crippen LogP contribution >= 0.6 is 0 Å². The van der Waals surface area contributed by atoms with E-state index in [2.05, 4.69) is 16.7 Å². The summed E-state index contributed by atoms with van der Waals surface area (Å²) in [7, 11) is 0. The van der Waals surface area contributed by atoms with E-state index in [1.54, 1.807) is 0 Å². The zero-order valence-electron chi connectivity index (χ0n) is 15.2. The highest BCUT2D eigenvalue weighted by Gasteiger charge is 2.51. The van der Waals surface area contributed by atoms with Gasteiger partial charge in [0.2, 0.25) is 12.8 Å². The summed E-state index contributed by atoms with van der Waals surface area (Å²) < 4.78 is 5.32. The van der Waals surface area contributed by atoms with Gasteiger partial charge in [-0.05, 0) is 51.4 Å². The van der Waals surface area contributed by atoms with Crippen LogP contribution in [0.25, 0.3) is 0 Å². The second-order valence-electron chi connectivity index (χ2n) is 7.77. The van der Waals surface area contributed by atoms with Crippen molar-refractivity contribution in [3.8, 4) is 0 Å². The Balaban J connectivity index is 1.42. The molecule has 1 N–H and O–H groups in total. The summed E-state index contributed by atoms with van der Waals surface area (Å²) in [6.07, 6.45) is 6.16. The van der Waals surface area contributed by atoms with Crippen molar-refractivity contribution in [2.45, 2.75) is 64.4 Å². The van der Waals surface area contributed by atoms with Gasteiger partial charge in [0.1, 0.15) is 0 Å². The van der Waals surface area contributed by atoms with Crippen LogP contribution in [0, 0.1) is 5.41 Å². The summed E-state index contributed by atoms with van der Waals surface area (Å²) >= 11 is 0. The molecule has 0 bridgehead atoms. The van der Waals surface area contributed by atoms with Crippen LogP contribution in [0.3, 0.4) is 0 Å². The third kappa shape index (κ3) is 3.62. The molecule has 1 amide bonds. The van der Waals surface area contributed by atoms with E-state index in [0.717, 1.165) is 52.0 Å². The number of likely N-dealkylation sites (tertiary alicyclic amines) is 2. The molecule has 1 unspecified atom stereocenters. The number of aliphatic hydroxyl groups is 1. The number of piperidine rings is 1. The first kappa shape index (κ1) is 18.1. The van der Waals surface area contributed by atoms with Crippen molar-refractivity contribution in [3.05, 3.63) is 0 Å². The van der Waals surface area contributed by atoms with Crippen molar-refractivity contribution >= 4 is 6.41 Å². The smallest absolute Gasteiger partial charge is 0.216 e. The highest BCUT2D eigenvalue weighted by Crippen LogP contribution is 2.50. The summed E-state index contributed by atoms with van der Waals surface area (Å²) in [5, 5.41) is 10.0. The highest BCUT2D eigenvalue weighted by atomic mass is 16.6. The van der Waals surface area contributed by atoms with E-state index in [1.165, 1.54) is 19.3 Å². The minimum Gasteiger partial charge on any atom is -0.356 e. The number of hydrogen-bond donors (Lipinski definition) is 1. The van der Waals surface area contributed by atoms with Gasteiger partial charge < -0.3 is 19.6 Å². The van der Waals surface area contributed by atoms with Gasteiger partial charge in [-0.15, -0.1) is 0 Å². The Kier molecular flexibility index (Phi) is 5.80. The van der Waals surface area contributed by atoms with Gasteiger partial charge >= 0.3 is 0 Å². The minimum atomic E-state index is -0.729. The average molecular weight is 339 g/mol. The molecule has 1 atom stereocenters. The van der Waals surface area contributed by atoms with Crippen LogP contribution in [0.4, 0.5) is 0 Å². The molecular weight excluding hydrogens is 306 g/mol. The van der Waals surface area contributed by atoms with E-state index < -0.39 is 6.41 Å². The first-order chi connectivity index (χ1) is 11.6. The normalized spacial score (nSPS) is 33.5. The molecule has 3 aliphatic rings. The molecule has 0 aromatic rings. The quantitative estimate of drug-likeness (QED) is 0.556. The van der Waals surface area contributed by atoms with E-state index in [-0.39, 0.29) is 0 Å². The van der Waals surface area contributed by atoms with E-state index in [0.29, 0.717) is 24.1 Å². The summed E-state index contributed by atoms with van der Waals surface area (Å²) in [5.41, 5.74) is 0.401. The standard InChI is InChI=1S/C18H33N3O3/c1-3-19(14-22)15-5-8-20(9-6-15)16-11-18(12-16)7-10-21(13-18)17(23)24-4-2/h14-17,23H,3-13H2,1-2H3. The molecule has 24 heavy (non-hydrogen) atoms. The number of carbonyl (C=O) groups excluding carboxylic acids is 1. The molecule has 2 aliphatic heterocycles. The number of amides is 1. The summed E-state index contributed by atoms with van der Waals surface area (Å²) in [6, 6.07) is 1.13. The van der Waals surface area contributed by atoms with Gasteiger partial charge in [0, 0.05) is 51.4 Å². The molecule has 1 saturated carbocycles. The van der Waals surface area contributed by atoms with E-state index in [9.17, 15) is 9.90 Å². The summed E-state index contributed by atoms with van der Waals surface area (Å²) in [4.78, 5) is 17.8. The van der Waals surface area contributed by atoms with Crippen molar-refractivity contribution in [2.24, 2.45) is 5.41 Å². The Bertz CT molecular complexity index is 420. The Labute approximate surface area is 145 Å². The molecule has 3 fully saturated rings. The number of hydrogen-bond acceptors (Lipinski definition) is 5. The molecule has 2 saturated heterocycles. The number of rotatable bonds is 7. The SMILES string of the molecule is CCOC(O)N1CCC2(CC(N3CCC(N(C=O)CC)CC3)C2)C1. The Morgan fingerprint density at radius 1 is 1.29 bits per heavy atom. The van der Waals surface area contributed by atoms with Crippen molar-refractivity contribution in [1.29, 1.82) is 0 Å². The predicted molar refractivity (Wildman–Crippen MR) is 92.3 cm³/mol. The molecule has 3 rings (SSSR count). The fourth-order valence-electron chi connectivity index (χ4n) is 4.95. The van der Waals surface area contributed by atoms with Crippen LogP contribution in [-0.2, 0) is 9.53 Å². The largest absolute Gasteiger partial charge is 0.356 e. The summed E-state index contributed by atoms with van der Waals surface area (Å²) in [5.74, 6) is 0. The van der Waals surface area contributed by atoms with E-state index in [4.69, 9.17) is 4.74 Å². The molecule has 6 nitrogen and oxygen atoms in total. The van der Waals surface area contributed by atoms with Gasteiger partial charge in [0.25, 0.3) is 0 Å². The lowest BCUT2D eigenvalue weighted by Gasteiger charge is -2.52. The van der Waals surface area contributed by atoms with Crippen molar-refractivity contribution in [2.75, 3.05) is 39.3 Å². The van der Waals surface area contributed by atoms with Crippen LogP contribution in [0.1, 0.15) is 46.0 Å². The second-order valence-corrected chi connectivity index (χ2v) is 7.77. The van der Waals surface area contributed by atoms with Crippen LogP contribution in [0.5, 0.6) is 0 Å². The molecule has 1 aliphatic carbocycles. The van der Waals surface area contributed by atoms with Crippen molar-refractivity contribution in [3.63, 3.8) is 0 Å². The first-order valence-electron chi connectivity index (χ1n) is 9.59. The Morgan fingerprint density at radius 2 is 2.00 bits per heavy atom. The lowest BCUT2D eigenvalue weighted by atomic mass is 9.64. The molecule has 0 aromatic heterocycles. The number of aliphatic hydroxyl groups excluding tert-OH is 1. The topological polar surface area (TPSA) is 56.3 Å². The molecule has 0 radical (unpaired) electrons. The number of carbonyl (C=O) groups is 1. The van der Waals surface area contributed by atoms with E-state index in [1.807, 2.05) is 11.8 Å². The Hall–Kier alpha value is -0.690. The summed E-state index contributed by atoms with van der Waals surface area (Å²) in [6.45, 7) is 9.48. The minimum absolute atomic E-state index is 0.401. The predicted octanol–water partition coefficient (Wildman–Crippen LogP) is 1.10. The number of ether oxygens (including phenoxy) is 1. The van der Waals surface area contributed by atoms with Crippen LogP contribution in [0.2, 0.25) is 0 Å². The second kappa shape index (κ2) is 7.68. The van der Waals surface area contributed by atoms with Crippen LogP contribution in [-0.4, -0.2) is 84.0 Å². The maximum Gasteiger partial charge on any atom is 0.216 e. The monoisotopic (exact) mass is 339 g/mol. The average Bonchev–Trinajstić information content (AvgIpc) is 3.01. The van der Waals surface area contributed by atoms with Gasteiger partial charge in [0.15, 0.2) is 0 Å². The van der Waals surface area contributed by atoms with Crippen molar-refractivity contribution < 1.29 is 14.6 Å². The van der Waals surface area contributed by atoms with Crippen LogP contribution in [0.15, 0.2) is 0 Å². The molecular formula is C18H33N3O3. The molecule has 2 heterocycles. The molecule has 138 valence electrons. The lowest BCUT2D eigenvalue weighted by molar-refractivity contribution is -0.188. The Morgan fingerprint density at radius 3 is 2.58 bits per heavy atom. The van der Waals surface area contributed by atoms with E-state index >= 15 is 0 Å². The maximum absolute atomic E-state index is 11.1.